The van der Waals surface area contributed by atoms with Gasteiger partial charge in [0.2, 0.25) is 0 Å². The van der Waals surface area contributed by atoms with E-state index in [4.69, 9.17) is 0 Å². The minimum atomic E-state index is -1.85. The molecule has 1 heteroatoms. The van der Waals surface area contributed by atoms with Gasteiger partial charge in [-0.25, -0.2) is 0 Å². The SMILES string of the molecule is CC1=Cc2c(-c3ccccc3)cccc2[C@@H]1[Si](C)(C)[C@@H]1C(C)=Cc2c(-c3ccccc3)cccc21. The maximum atomic E-state index is 2.62. The van der Waals surface area contributed by atoms with Crippen LogP contribution in [0.15, 0.2) is 108 Å². The van der Waals surface area contributed by atoms with E-state index in [1.807, 2.05) is 0 Å². The molecule has 0 spiro atoms. The van der Waals surface area contributed by atoms with Crippen molar-refractivity contribution in [3.8, 4) is 22.3 Å². The molecule has 0 saturated heterocycles. The molecule has 35 heavy (non-hydrogen) atoms. The Hall–Kier alpha value is -3.42. The van der Waals surface area contributed by atoms with Crippen LogP contribution in [-0.4, -0.2) is 8.07 Å². The summed E-state index contributed by atoms with van der Waals surface area (Å²) in [6.45, 7) is 9.96. The fourth-order valence-corrected chi connectivity index (χ4v) is 11.9. The molecule has 2 atom stereocenters. The minimum absolute atomic E-state index is 0.515. The van der Waals surface area contributed by atoms with Gasteiger partial charge < -0.3 is 0 Å². The summed E-state index contributed by atoms with van der Waals surface area (Å²) < 4.78 is 0. The summed E-state index contributed by atoms with van der Waals surface area (Å²) in [5, 5.41) is 0. The number of hydrogen-bond acceptors (Lipinski definition) is 0. The van der Waals surface area contributed by atoms with Gasteiger partial charge in [0.25, 0.3) is 0 Å². The average Bonchev–Trinajstić information content (AvgIpc) is 3.41. The number of rotatable bonds is 4. The number of hydrogen-bond donors (Lipinski definition) is 0. The molecule has 4 aromatic carbocycles. The third kappa shape index (κ3) is 3.49. The second kappa shape index (κ2) is 8.36. The van der Waals surface area contributed by atoms with E-state index < -0.39 is 8.07 Å². The first kappa shape index (κ1) is 22.1. The molecule has 0 radical (unpaired) electrons. The highest BCUT2D eigenvalue weighted by Crippen LogP contribution is 2.54. The van der Waals surface area contributed by atoms with Crippen molar-refractivity contribution in [2.45, 2.75) is 38.0 Å². The largest absolute Gasteiger partial charge is 0.0722 e. The van der Waals surface area contributed by atoms with Gasteiger partial charge in [-0.15, -0.1) is 0 Å². The molecule has 172 valence electrons. The van der Waals surface area contributed by atoms with Gasteiger partial charge in [0.15, 0.2) is 0 Å². The van der Waals surface area contributed by atoms with Crippen molar-refractivity contribution in [3.05, 3.63) is 130 Å². The van der Waals surface area contributed by atoms with Crippen molar-refractivity contribution < 1.29 is 0 Å². The summed E-state index contributed by atoms with van der Waals surface area (Å²) in [5.41, 5.74) is 15.3. The molecule has 2 aliphatic carbocycles. The lowest BCUT2D eigenvalue weighted by Crippen LogP contribution is -2.42. The molecule has 6 rings (SSSR count). The van der Waals surface area contributed by atoms with Crippen LogP contribution in [0.5, 0.6) is 0 Å². The molecule has 0 amide bonds. The number of allylic oxidation sites excluding steroid dienone is 2. The Morgan fingerprint density at radius 3 is 1.29 bits per heavy atom. The molecule has 2 aliphatic rings. The van der Waals surface area contributed by atoms with Crippen LogP contribution in [0.3, 0.4) is 0 Å². The lowest BCUT2D eigenvalue weighted by Gasteiger charge is -2.39. The van der Waals surface area contributed by atoms with E-state index in [9.17, 15) is 0 Å². The number of fused-ring (bicyclic) bond motifs is 2. The van der Waals surface area contributed by atoms with Gasteiger partial charge in [0.1, 0.15) is 0 Å². The molecule has 0 nitrogen and oxygen atoms in total. The molecule has 0 heterocycles. The predicted molar refractivity (Wildman–Crippen MR) is 154 cm³/mol. The van der Waals surface area contributed by atoms with Crippen molar-refractivity contribution in [1.82, 2.24) is 0 Å². The molecular weight excluding hydrogens is 436 g/mol. The minimum Gasteiger partial charge on any atom is -0.0679 e. The molecule has 0 aromatic heterocycles. The molecule has 0 saturated carbocycles. The fraction of sp³-hybridized carbons (Fsp3) is 0.176. The summed E-state index contributed by atoms with van der Waals surface area (Å²) >= 11 is 0. The van der Waals surface area contributed by atoms with Gasteiger partial charge in [0.05, 0.1) is 8.07 Å². The van der Waals surface area contributed by atoms with Crippen LogP contribution in [0.2, 0.25) is 13.1 Å². The highest BCUT2D eigenvalue weighted by Gasteiger charge is 2.47. The Kier molecular flexibility index (Phi) is 5.27. The van der Waals surface area contributed by atoms with E-state index in [-0.39, 0.29) is 0 Å². The van der Waals surface area contributed by atoms with Gasteiger partial charge >= 0.3 is 0 Å². The Labute approximate surface area is 210 Å². The third-order valence-electron chi connectivity index (χ3n) is 8.21. The summed E-state index contributed by atoms with van der Waals surface area (Å²) in [6, 6.07) is 35.6. The first-order valence-electron chi connectivity index (χ1n) is 12.7. The normalized spacial score (nSPS) is 18.6. The van der Waals surface area contributed by atoms with Crippen LogP contribution in [0.1, 0.15) is 47.2 Å². The molecule has 4 aromatic rings. The standard InChI is InChI=1S/C34H32Si/c1-23-21-31-27(25-13-7-5-8-14-25)17-11-19-29(31)33(23)35(3,4)34-24(2)22-32-28(18-12-20-30(32)34)26-15-9-6-10-16-26/h5-22,33-34H,1-4H3/t33-,34-/m1/s1. The van der Waals surface area contributed by atoms with Gasteiger partial charge in [0, 0.05) is 11.1 Å². The van der Waals surface area contributed by atoms with Gasteiger partial charge in [-0.05, 0) is 58.4 Å². The average molecular weight is 469 g/mol. The van der Waals surface area contributed by atoms with Gasteiger partial charge in [-0.3, -0.25) is 0 Å². The smallest absolute Gasteiger partial charge is 0.0679 e. The molecule has 0 N–H and O–H groups in total. The second-order valence-electron chi connectivity index (χ2n) is 10.8. The van der Waals surface area contributed by atoms with E-state index in [2.05, 4.69) is 136 Å². The van der Waals surface area contributed by atoms with Crippen molar-refractivity contribution in [1.29, 1.82) is 0 Å². The van der Waals surface area contributed by atoms with Crippen molar-refractivity contribution in [3.63, 3.8) is 0 Å². The van der Waals surface area contributed by atoms with E-state index in [0.717, 1.165) is 0 Å². The maximum Gasteiger partial charge on any atom is 0.0722 e. The second-order valence-corrected chi connectivity index (χ2v) is 15.6. The lowest BCUT2D eigenvalue weighted by atomic mass is 9.97. The van der Waals surface area contributed by atoms with E-state index >= 15 is 0 Å². The lowest BCUT2D eigenvalue weighted by molar-refractivity contribution is 0.968. The monoisotopic (exact) mass is 468 g/mol. The highest BCUT2D eigenvalue weighted by molar-refractivity contribution is 6.81. The van der Waals surface area contributed by atoms with Crippen LogP contribution >= 0.6 is 0 Å². The van der Waals surface area contributed by atoms with Crippen LogP contribution < -0.4 is 0 Å². The Morgan fingerprint density at radius 1 is 0.486 bits per heavy atom. The topological polar surface area (TPSA) is 0 Å². The van der Waals surface area contributed by atoms with Crippen LogP contribution in [0.4, 0.5) is 0 Å². The van der Waals surface area contributed by atoms with Crippen LogP contribution in [-0.2, 0) is 0 Å². The summed E-state index contributed by atoms with van der Waals surface area (Å²) in [5.74, 6) is 0. The van der Waals surface area contributed by atoms with E-state index in [1.54, 1.807) is 0 Å². The summed E-state index contributed by atoms with van der Waals surface area (Å²) in [7, 11) is -1.85. The zero-order valence-electron chi connectivity index (χ0n) is 21.0. The Morgan fingerprint density at radius 2 is 0.886 bits per heavy atom. The van der Waals surface area contributed by atoms with Crippen molar-refractivity contribution >= 4 is 20.2 Å². The van der Waals surface area contributed by atoms with Crippen LogP contribution in [0, 0.1) is 0 Å². The first-order chi connectivity index (χ1) is 17.0. The molecular formula is C34H32Si. The molecule has 0 aliphatic heterocycles. The fourth-order valence-electron chi connectivity index (χ4n) is 6.99. The number of benzene rings is 4. The third-order valence-corrected chi connectivity index (χ3v) is 12.7. The highest BCUT2D eigenvalue weighted by atomic mass is 28.3. The first-order valence-corrected chi connectivity index (χ1v) is 15.9. The Balaban J connectivity index is 1.46. The van der Waals surface area contributed by atoms with Crippen molar-refractivity contribution in [2.24, 2.45) is 0 Å². The zero-order valence-corrected chi connectivity index (χ0v) is 22.0. The van der Waals surface area contributed by atoms with Gasteiger partial charge in [-0.2, -0.15) is 0 Å². The summed E-state index contributed by atoms with van der Waals surface area (Å²) in [6.07, 6.45) is 4.96. The molecule has 0 bridgehead atoms. The Bertz CT molecular complexity index is 1360. The molecule has 0 unspecified atom stereocenters. The molecule has 0 fully saturated rings. The quantitative estimate of drug-likeness (QED) is 0.262. The van der Waals surface area contributed by atoms with Crippen LogP contribution in [0.25, 0.3) is 34.4 Å². The summed E-state index contributed by atoms with van der Waals surface area (Å²) in [4.78, 5) is 0. The zero-order chi connectivity index (χ0) is 24.2. The van der Waals surface area contributed by atoms with Gasteiger partial charge in [-0.1, -0.05) is 133 Å². The predicted octanol–water partition coefficient (Wildman–Crippen LogP) is 9.51. The van der Waals surface area contributed by atoms with E-state index in [0.29, 0.717) is 11.1 Å². The van der Waals surface area contributed by atoms with E-state index in [1.165, 1.54) is 55.7 Å². The maximum absolute atomic E-state index is 2.62. The van der Waals surface area contributed by atoms with Crippen molar-refractivity contribution in [2.75, 3.05) is 0 Å².